The number of aliphatic hydroxyl groups excluding tert-OH is 1. The summed E-state index contributed by atoms with van der Waals surface area (Å²) in [6.07, 6.45) is 0.440. The zero-order valence-electron chi connectivity index (χ0n) is 9.89. The number of primary amides is 1. The molecular formula is C11H18N2O4. The second-order valence-electron chi connectivity index (χ2n) is 4.91. The predicted octanol–water partition coefficient (Wildman–Crippen LogP) is -1.14. The van der Waals surface area contributed by atoms with Crippen molar-refractivity contribution in [3.8, 4) is 0 Å². The van der Waals surface area contributed by atoms with Crippen LogP contribution in [0.1, 0.15) is 19.8 Å². The quantitative estimate of drug-likeness (QED) is 0.612. The van der Waals surface area contributed by atoms with Crippen molar-refractivity contribution in [1.82, 2.24) is 4.90 Å². The van der Waals surface area contributed by atoms with Gasteiger partial charge in [-0.1, -0.05) is 0 Å². The smallest absolute Gasteiger partial charge is 0.242 e. The van der Waals surface area contributed by atoms with E-state index in [1.165, 1.54) is 11.8 Å². The first-order valence-corrected chi connectivity index (χ1v) is 5.84. The lowest BCUT2D eigenvalue weighted by molar-refractivity contribution is -0.180. The fourth-order valence-electron chi connectivity index (χ4n) is 2.69. The van der Waals surface area contributed by atoms with E-state index in [9.17, 15) is 14.7 Å². The number of aliphatic hydroxyl groups is 1. The minimum Gasteiger partial charge on any atom is -0.391 e. The van der Waals surface area contributed by atoms with Crippen LogP contribution in [0, 0.1) is 5.41 Å². The number of rotatable bonds is 3. The van der Waals surface area contributed by atoms with E-state index in [4.69, 9.17) is 10.5 Å². The number of nitrogens with zero attached hydrogens (tertiary/aromatic N) is 1. The molecule has 6 nitrogen and oxygen atoms in total. The van der Waals surface area contributed by atoms with E-state index in [-0.39, 0.29) is 11.3 Å². The fraction of sp³-hybridized carbons (Fsp3) is 0.818. The summed E-state index contributed by atoms with van der Waals surface area (Å²) in [6, 6.07) is -0.907. The normalized spacial score (nSPS) is 26.5. The Morgan fingerprint density at radius 2 is 2.12 bits per heavy atom. The molecular weight excluding hydrogens is 224 g/mol. The first-order valence-electron chi connectivity index (χ1n) is 5.84. The third-order valence-electron chi connectivity index (χ3n) is 3.72. The Hall–Kier alpha value is -1.14. The summed E-state index contributed by atoms with van der Waals surface area (Å²) in [6.45, 7) is 3.12. The summed E-state index contributed by atoms with van der Waals surface area (Å²) >= 11 is 0. The maximum atomic E-state index is 12.1. The van der Waals surface area contributed by atoms with Crippen molar-refractivity contribution >= 4 is 11.8 Å². The van der Waals surface area contributed by atoms with Crippen LogP contribution in [0.25, 0.3) is 0 Å². The first-order chi connectivity index (χ1) is 7.98. The van der Waals surface area contributed by atoms with Crippen molar-refractivity contribution in [2.45, 2.75) is 31.9 Å². The van der Waals surface area contributed by atoms with Crippen LogP contribution < -0.4 is 5.73 Å². The molecule has 0 radical (unpaired) electrons. The fourth-order valence-corrected chi connectivity index (χ4v) is 2.69. The van der Waals surface area contributed by atoms with Crippen molar-refractivity contribution in [3.63, 3.8) is 0 Å². The molecule has 0 aromatic rings. The molecule has 0 aliphatic carbocycles. The Labute approximate surface area is 99.7 Å². The Morgan fingerprint density at radius 3 is 2.53 bits per heavy atom. The molecule has 2 saturated heterocycles. The van der Waals surface area contributed by atoms with Crippen LogP contribution in [-0.4, -0.2) is 53.7 Å². The molecule has 2 aliphatic rings. The predicted molar refractivity (Wildman–Crippen MR) is 58.9 cm³/mol. The molecule has 2 rings (SSSR count). The van der Waals surface area contributed by atoms with Gasteiger partial charge in [-0.05, 0) is 19.8 Å². The zero-order valence-corrected chi connectivity index (χ0v) is 9.89. The van der Waals surface area contributed by atoms with Gasteiger partial charge >= 0.3 is 0 Å². The lowest BCUT2D eigenvalue weighted by Gasteiger charge is -2.53. The number of carbonyl (C=O) groups is 2. The number of likely N-dealkylation sites (tertiary alicyclic amines) is 1. The van der Waals surface area contributed by atoms with Crippen LogP contribution >= 0.6 is 0 Å². The van der Waals surface area contributed by atoms with Gasteiger partial charge in [0, 0.05) is 19.8 Å². The van der Waals surface area contributed by atoms with Crippen molar-refractivity contribution in [2.24, 2.45) is 11.1 Å². The molecule has 1 spiro atoms. The third kappa shape index (κ3) is 1.91. The van der Waals surface area contributed by atoms with Crippen LogP contribution in [0.3, 0.4) is 0 Å². The zero-order chi connectivity index (χ0) is 12.6. The van der Waals surface area contributed by atoms with Gasteiger partial charge in [0.25, 0.3) is 0 Å². The van der Waals surface area contributed by atoms with Gasteiger partial charge in [-0.3, -0.25) is 9.59 Å². The molecule has 6 heteroatoms. The van der Waals surface area contributed by atoms with E-state index >= 15 is 0 Å². The van der Waals surface area contributed by atoms with Crippen molar-refractivity contribution in [3.05, 3.63) is 0 Å². The molecule has 96 valence electrons. The highest BCUT2D eigenvalue weighted by Crippen LogP contribution is 2.42. The number of hydrogen-bond acceptors (Lipinski definition) is 4. The lowest BCUT2D eigenvalue weighted by Crippen LogP contribution is -2.69. The average Bonchev–Trinajstić information content (AvgIpc) is 2.28. The highest BCUT2D eigenvalue weighted by molar-refractivity contribution is 5.94. The van der Waals surface area contributed by atoms with E-state index in [0.717, 1.165) is 0 Å². The minimum absolute atomic E-state index is 0.0782. The number of nitrogens with two attached hydrogens (primary N) is 1. The SMILES string of the molecule is C[C@@H](O)[C@@H](C(N)=O)N1CC2(CCOCC2)C1=O. The van der Waals surface area contributed by atoms with E-state index in [1.807, 2.05) is 0 Å². The second kappa shape index (κ2) is 4.27. The van der Waals surface area contributed by atoms with Gasteiger partial charge in [-0.15, -0.1) is 0 Å². The van der Waals surface area contributed by atoms with E-state index in [2.05, 4.69) is 0 Å². The molecule has 0 aromatic heterocycles. The molecule has 2 atom stereocenters. The van der Waals surface area contributed by atoms with Gasteiger partial charge in [-0.25, -0.2) is 0 Å². The van der Waals surface area contributed by atoms with E-state index in [0.29, 0.717) is 32.6 Å². The Kier molecular flexibility index (Phi) is 3.09. The van der Waals surface area contributed by atoms with Crippen molar-refractivity contribution in [2.75, 3.05) is 19.8 Å². The summed E-state index contributed by atoms with van der Waals surface area (Å²) in [5.74, 6) is -0.735. The minimum atomic E-state index is -0.936. The molecule has 0 bridgehead atoms. The van der Waals surface area contributed by atoms with Gasteiger partial charge in [0.1, 0.15) is 6.04 Å². The van der Waals surface area contributed by atoms with Gasteiger partial charge < -0.3 is 20.5 Å². The summed E-state index contributed by atoms with van der Waals surface area (Å²) in [4.78, 5) is 24.8. The molecule has 17 heavy (non-hydrogen) atoms. The topological polar surface area (TPSA) is 92.9 Å². The maximum absolute atomic E-state index is 12.1. The van der Waals surface area contributed by atoms with Crippen molar-refractivity contribution in [1.29, 1.82) is 0 Å². The molecule has 2 aliphatic heterocycles. The lowest BCUT2D eigenvalue weighted by atomic mass is 9.71. The van der Waals surface area contributed by atoms with E-state index in [1.54, 1.807) is 0 Å². The highest BCUT2D eigenvalue weighted by atomic mass is 16.5. The molecule has 3 N–H and O–H groups in total. The maximum Gasteiger partial charge on any atom is 0.242 e. The Balaban J connectivity index is 2.07. The number of carbonyl (C=O) groups excluding carboxylic acids is 2. The van der Waals surface area contributed by atoms with Gasteiger partial charge in [0.05, 0.1) is 11.5 Å². The first kappa shape index (κ1) is 12.3. The standard InChI is InChI=1S/C11H18N2O4/c1-7(14)8(9(12)15)13-6-11(10(13)16)2-4-17-5-3-11/h7-8,14H,2-6H2,1H3,(H2,12,15)/t7-,8+/m1/s1. The molecule has 0 aromatic carbocycles. The number of β-lactam (4-membered cyclic amide) rings is 1. The summed E-state index contributed by atoms with van der Waals surface area (Å²) < 4.78 is 5.23. The summed E-state index contributed by atoms with van der Waals surface area (Å²) in [5, 5.41) is 9.50. The summed E-state index contributed by atoms with van der Waals surface area (Å²) in [5.41, 5.74) is 4.84. The number of amides is 2. The van der Waals surface area contributed by atoms with Crippen LogP contribution in [-0.2, 0) is 14.3 Å². The van der Waals surface area contributed by atoms with Crippen LogP contribution in [0.2, 0.25) is 0 Å². The number of hydrogen-bond donors (Lipinski definition) is 2. The van der Waals surface area contributed by atoms with Crippen molar-refractivity contribution < 1.29 is 19.4 Å². The second-order valence-corrected chi connectivity index (χ2v) is 4.91. The van der Waals surface area contributed by atoms with Gasteiger partial charge in [0.15, 0.2) is 0 Å². The monoisotopic (exact) mass is 242 g/mol. The Bertz CT molecular complexity index is 336. The molecule has 0 unspecified atom stereocenters. The Morgan fingerprint density at radius 1 is 1.53 bits per heavy atom. The third-order valence-corrected chi connectivity index (χ3v) is 3.72. The molecule has 2 fully saturated rings. The number of ether oxygens (including phenoxy) is 1. The van der Waals surface area contributed by atoms with Crippen LogP contribution in [0.5, 0.6) is 0 Å². The highest BCUT2D eigenvalue weighted by Gasteiger charge is 2.55. The van der Waals surface area contributed by atoms with Crippen LogP contribution in [0.4, 0.5) is 0 Å². The average molecular weight is 242 g/mol. The largest absolute Gasteiger partial charge is 0.391 e. The molecule has 2 amide bonds. The molecule has 0 saturated carbocycles. The van der Waals surface area contributed by atoms with Gasteiger partial charge in [0.2, 0.25) is 11.8 Å². The summed E-state index contributed by atoms with van der Waals surface area (Å²) in [7, 11) is 0. The van der Waals surface area contributed by atoms with Gasteiger partial charge in [-0.2, -0.15) is 0 Å². The van der Waals surface area contributed by atoms with Crippen LogP contribution in [0.15, 0.2) is 0 Å². The van der Waals surface area contributed by atoms with E-state index < -0.39 is 18.1 Å². The molecule has 2 heterocycles.